The summed E-state index contributed by atoms with van der Waals surface area (Å²) in [6.07, 6.45) is 3.95. The number of methoxy groups -OCH3 is 1. The first-order valence-electron chi connectivity index (χ1n) is 3.46. The van der Waals surface area contributed by atoms with E-state index in [4.69, 9.17) is 9.84 Å². The number of ether oxygens (including phenoxy) is 1. The largest absolute Gasteiger partial charge is 0.495 e. The van der Waals surface area contributed by atoms with Crippen LogP contribution in [0.4, 0.5) is 0 Å². The van der Waals surface area contributed by atoms with Crippen LogP contribution in [0.1, 0.15) is 5.56 Å². The maximum atomic E-state index is 8.66. The predicted molar refractivity (Wildman–Crippen MR) is 41.6 cm³/mol. The van der Waals surface area contributed by atoms with Gasteiger partial charge in [-0.1, -0.05) is 0 Å². The second kappa shape index (κ2) is 3.93. The zero-order valence-electron chi connectivity index (χ0n) is 6.45. The first kappa shape index (κ1) is 8.01. The number of hydrogen-bond acceptors (Lipinski definition) is 3. The highest BCUT2D eigenvalue weighted by Crippen LogP contribution is 2.15. The Labute approximate surface area is 65.7 Å². The molecule has 0 atom stereocenters. The van der Waals surface area contributed by atoms with Gasteiger partial charge in [-0.25, -0.2) is 0 Å². The monoisotopic (exact) mass is 153 g/mol. The lowest BCUT2D eigenvalue weighted by atomic mass is 10.2. The Balaban J connectivity index is 2.83. The van der Waals surface area contributed by atoms with E-state index in [1.165, 1.54) is 0 Å². The van der Waals surface area contributed by atoms with Crippen molar-refractivity contribution in [3.05, 3.63) is 24.0 Å². The second-order valence-electron chi connectivity index (χ2n) is 2.16. The van der Waals surface area contributed by atoms with Crippen LogP contribution in [0.3, 0.4) is 0 Å². The topological polar surface area (TPSA) is 42.4 Å². The molecule has 0 saturated heterocycles. The highest BCUT2D eigenvalue weighted by Gasteiger charge is 1.99. The lowest BCUT2D eigenvalue weighted by Gasteiger charge is -2.04. The van der Waals surface area contributed by atoms with Crippen LogP contribution in [0.25, 0.3) is 0 Å². The molecule has 0 unspecified atom stereocenters. The quantitative estimate of drug-likeness (QED) is 0.692. The summed E-state index contributed by atoms with van der Waals surface area (Å²) in [6, 6.07) is 1.84. The molecule has 0 aliphatic rings. The molecule has 0 saturated carbocycles. The summed E-state index contributed by atoms with van der Waals surface area (Å²) >= 11 is 0. The van der Waals surface area contributed by atoms with E-state index in [2.05, 4.69) is 4.98 Å². The number of rotatable bonds is 3. The third kappa shape index (κ3) is 1.91. The molecule has 0 aliphatic heterocycles. The molecule has 1 aromatic rings. The molecule has 0 aromatic carbocycles. The lowest BCUT2D eigenvalue weighted by Crippen LogP contribution is -1.95. The first-order chi connectivity index (χ1) is 5.38. The Morgan fingerprint density at radius 3 is 3.09 bits per heavy atom. The van der Waals surface area contributed by atoms with Gasteiger partial charge in [0.25, 0.3) is 0 Å². The fourth-order valence-electron chi connectivity index (χ4n) is 0.920. The van der Waals surface area contributed by atoms with Crippen molar-refractivity contribution in [1.29, 1.82) is 0 Å². The van der Waals surface area contributed by atoms with Crippen LogP contribution >= 0.6 is 0 Å². The van der Waals surface area contributed by atoms with Gasteiger partial charge in [0.15, 0.2) is 0 Å². The van der Waals surface area contributed by atoms with Gasteiger partial charge in [0.2, 0.25) is 0 Å². The van der Waals surface area contributed by atoms with Crippen LogP contribution in [-0.2, 0) is 6.42 Å². The van der Waals surface area contributed by atoms with Crippen molar-refractivity contribution in [2.45, 2.75) is 6.42 Å². The Bertz CT molecular complexity index is 225. The van der Waals surface area contributed by atoms with Crippen LogP contribution < -0.4 is 4.74 Å². The molecule has 1 rings (SSSR count). The Hall–Kier alpha value is -1.09. The summed E-state index contributed by atoms with van der Waals surface area (Å²) in [5, 5.41) is 8.66. The van der Waals surface area contributed by atoms with Crippen LogP contribution in [0, 0.1) is 0 Å². The average molecular weight is 153 g/mol. The number of aromatic nitrogens is 1. The molecule has 0 fully saturated rings. The molecule has 3 nitrogen and oxygen atoms in total. The minimum absolute atomic E-state index is 0.139. The molecule has 11 heavy (non-hydrogen) atoms. The number of aliphatic hydroxyl groups is 1. The molecular weight excluding hydrogens is 142 g/mol. The predicted octanol–water partition coefficient (Wildman–Crippen LogP) is 0.625. The second-order valence-corrected chi connectivity index (χ2v) is 2.16. The van der Waals surface area contributed by atoms with E-state index in [0.29, 0.717) is 6.42 Å². The number of aliphatic hydroxyl groups excluding tert-OH is 1. The molecule has 0 amide bonds. The molecule has 0 bridgehead atoms. The van der Waals surface area contributed by atoms with Gasteiger partial charge in [-0.05, 0) is 18.1 Å². The number of nitrogens with zero attached hydrogens (tertiary/aromatic N) is 1. The summed E-state index contributed by atoms with van der Waals surface area (Å²) in [4.78, 5) is 3.89. The zero-order chi connectivity index (χ0) is 8.10. The van der Waals surface area contributed by atoms with Crippen LogP contribution in [0.5, 0.6) is 5.75 Å². The van der Waals surface area contributed by atoms with Crippen LogP contribution in [0.2, 0.25) is 0 Å². The summed E-state index contributed by atoms with van der Waals surface area (Å²) < 4.78 is 5.02. The molecule has 1 N–H and O–H groups in total. The highest BCUT2D eigenvalue weighted by atomic mass is 16.5. The highest BCUT2D eigenvalue weighted by molar-refractivity contribution is 5.29. The van der Waals surface area contributed by atoms with Gasteiger partial charge in [0, 0.05) is 12.8 Å². The van der Waals surface area contributed by atoms with Gasteiger partial charge < -0.3 is 9.84 Å². The third-order valence-corrected chi connectivity index (χ3v) is 1.47. The van der Waals surface area contributed by atoms with Gasteiger partial charge >= 0.3 is 0 Å². The van der Waals surface area contributed by atoms with E-state index in [1.54, 1.807) is 19.5 Å². The number of hydrogen-bond donors (Lipinski definition) is 1. The summed E-state index contributed by atoms with van der Waals surface area (Å²) in [5.41, 5.74) is 0.991. The van der Waals surface area contributed by atoms with Crippen molar-refractivity contribution in [1.82, 2.24) is 4.98 Å². The summed E-state index contributed by atoms with van der Waals surface area (Å²) in [7, 11) is 1.60. The van der Waals surface area contributed by atoms with Gasteiger partial charge in [0.05, 0.1) is 13.3 Å². The number of pyridine rings is 1. The molecule has 3 heteroatoms. The normalized spacial score (nSPS) is 9.64. The Morgan fingerprint density at radius 2 is 2.45 bits per heavy atom. The zero-order valence-corrected chi connectivity index (χ0v) is 6.45. The van der Waals surface area contributed by atoms with Gasteiger partial charge in [0.1, 0.15) is 5.75 Å². The maximum absolute atomic E-state index is 8.66. The third-order valence-electron chi connectivity index (χ3n) is 1.47. The minimum atomic E-state index is 0.139. The van der Waals surface area contributed by atoms with Crippen LogP contribution in [-0.4, -0.2) is 23.8 Å². The molecule has 0 aliphatic carbocycles. The molecule has 60 valence electrons. The van der Waals surface area contributed by atoms with Crippen LogP contribution in [0.15, 0.2) is 18.5 Å². The molecular formula is C8H11NO2. The van der Waals surface area contributed by atoms with Gasteiger partial charge in [-0.2, -0.15) is 0 Å². The molecule has 0 radical (unpaired) electrons. The summed E-state index contributed by atoms with van der Waals surface area (Å²) in [5.74, 6) is 0.738. The fourth-order valence-corrected chi connectivity index (χ4v) is 0.920. The fraction of sp³-hybridized carbons (Fsp3) is 0.375. The van der Waals surface area contributed by atoms with Crippen molar-refractivity contribution in [3.63, 3.8) is 0 Å². The van der Waals surface area contributed by atoms with E-state index >= 15 is 0 Å². The smallest absolute Gasteiger partial charge is 0.140 e. The van der Waals surface area contributed by atoms with Crippen molar-refractivity contribution in [3.8, 4) is 5.75 Å². The minimum Gasteiger partial charge on any atom is -0.495 e. The van der Waals surface area contributed by atoms with E-state index in [0.717, 1.165) is 11.3 Å². The average Bonchev–Trinajstić information content (AvgIpc) is 2.06. The maximum Gasteiger partial charge on any atom is 0.140 e. The molecule has 1 heterocycles. The lowest BCUT2D eigenvalue weighted by molar-refractivity contribution is 0.296. The van der Waals surface area contributed by atoms with Crippen molar-refractivity contribution < 1.29 is 9.84 Å². The van der Waals surface area contributed by atoms with Crippen molar-refractivity contribution in [2.24, 2.45) is 0 Å². The van der Waals surface area contributed by atoms with Crippen molar-refractivity contribution in [2.75, 3.05) is 13.7 Å². The van der Waals surface area contributed by atoms with E-state index in [1.807, 2.05) is 6.07 Å². The standard InChI is InChI=1S/C8H11NO2/c1-11-8-6-9-4-2-7(8)3-5-10/h2,4,6,10H,3,5H2,1H3. The Kier molecular flexibility index (Phi) is 2.86. The molecule has 1 aromatic heterocycles. The Morgan fingerprint density at radius 1 is 1.64 bits per heavy atom. The SMILES string of the molecule is COc1cnccc1CCO. The van der Waals surface area contributed by atoms with E-state index in [9.17, 15) is 0 Å². The van der Waals surface area contributed by atoms with E-state index < -0.39 is 0 Å². The van der Waals surface area contributed by atoms with Crippen molar-refractivity contribution >= 4 is 0 Å². The van der Waals surface area contributed by atoms with Gasteiger partial charge in [-0.3, -0.25) is 4.98 Å². The van der Waals surface area contributed by atoms with E-state index in [-0.39, 0.29) is 6.61 Å². The summed E-state index contributed by atoms with van der Waals surface area (Å²) in [6.45, 7) is 0.139. The first-order valence-corrected chi connectivity index (χ1v) is 3.46. The molecule has 0 spiro atoms. The van der Waals surface area contributed by atoms with Gasteiger partial charge in [-0.15, -0.1) is 0 Å².